The average molecular weight is 515 g/mol. The predicted molar refractivity (Wildman–Crippen MR) is 72.7 cm³/mol. The first kappa shape index (κ1) is 21.9. The molecule has 0 fully saturated rings. The van der Waals surface area contributed by atoms with Crippen LogP contribution in [0.4, 0.5) is 39.5 Å². The molecule has 0 bridgehead atoms. The summed E-state index contributed by atoms with van der Waals surface area (Å²) in [4.78, 5) is -1.29. The molecule has 0 saturated heterocycles. The van der Waals surface area contributed by atoms with Gasteiger partial charge in [0, 0.05) is 33.1 Å². The lowest BCUT2D eigenvalue weighted by atomic mass is 10.1. The Balaban J connectivity index is 3.49. The van der Waals surface area contributed by atoms with Crippen LogP contribution in [-0.2, 0) is 17.6 Å². The molecule has 0 spiro atoms. The largest absolute Gasteiger partial charge is 0.607 e. The Morgan fingerprint density at radius 1 is 1.08 bits per heavy atom. The molecule has 1 atom stereocenters. The van der Waals surface area contributed by atoms with E-state index in [0.29, 0.717) is 6.07 Å². The van der Waals surface area contributed by atoms with Crippen molar-refractivity contribution in [2.75, 3.05) is 0 Å². The second kappa shape index (κ2) is 7.23. The fourth-order valence-electron chi connectivity index (χ4n) is 1.46. The average Bonchev–Trinajstić information content (AvgIpc) is 2.38. The minimum Gasteiger partial charge on any atom is -0.607 e. The van der Waals surface area contributed by atoms with Gasteiger partial charge in [0.1, 0.15) is 0 Å². The van der Waals surface area contributed by atoms with Crippen molar-refractivity contribution in [3.05, 3.63) is 26.6 Å². The highest BCUT2D eigenvalue weighted by Crippen LogP contribution is 2.51. The molecule has 1 aromatic carbocycles. The van der Waals surface area contributed by atoms with Crippen LogP contribution in [0.5, 0.6) is 0 Å². The lowest BCUT2D eigenvalue weighted by Gasteiger charge is -2.29. The molecule has 0 aliphatic carbocycles. The molecule has 1 aromatic rings. The molecule has 13 heteroatoms. The Morgan fingerprint density at radius 3 is 2.00 bits per heavy atom. The smallest absolute Gasteiger partial charge is 0.486 e. The van der Waals surface area contributed by atoms with Crippen LogP contribution in [-0.4, -0.2) is 28.3 Å². The maximum absolute atomic E-state index is 13.6. The Bertz CT molecular complexity index is 606. The first-order chi connectivity index (χ1) is 10.6. The third-order valence-corrected chi connectivity index (χ3v) is 5.15. The first-order valence-electron chi connectivity index (χ1n) is 5.55. The number of hydrogen-bond acceptors (Lipinski definition) is 1. The highest BCUT2D eigenvalue weighted by Gasteiger charge is 2.80. The molecule has 0 aliphatic heterocycles. The summed E-state index contributed by atoms with van der Waals surface area (Å²) in [5.74, 6) is -6.63. The van der Waals surface area contributed by atoms with Gasteiger partial charge >= 0.3 is 17.4 Å². The van der Waals surface area contributed by atoms with E-state index >= 15 is 0 Å². The predicted octanol–water partition coefficient (Wildman–Crippen LogP) is 5.72. The SMILES string of the molecule is [O-][S+](c1cc(Br)[c]c(Br)c1CC(F)F)C(F)(F)C(F)(F)C(F)(F)F. The van der Waals surface area contributed by atoms with Crippen LogP contribution in [0.25, 0.3) is 0 Å². The topological polar surface area (TPSA) is 23.1 Å². The Kier molecular flexibility index (Phi) is 6.60. The fraction of sp³-hybridized carbons (Fsp3) is 0.455. The Hall–Kier alpha value is -0.140. The van der Waals surface area contributed by atoms with Crippen molar-refractivity contribution in [2.45, 2.75) is 35.1 Å². The van der Waals surface area contributed by atoms with E-state index in [1.54, 1.807) is 0 Å². The van der Waals surface area contributed by atoms with Crippen LogP contribution in [0.15, 0.2) is 19.9 Å². The summed E-state index contributed by atoms with van der Waals surface area (Å²) in [6, 6.07) is 2.74. The van der Waals surface area contributed by atoms with Crippen LogP contribution >= 0.6 is 31.9 Å². The second-order valence-electron chi connectivity index (χ2n) is 4.23. The van der Waals surface area contributed by atoms with Crippen molar-refractivity contribution in [3.63, 3.8) is 0 Å². The molecule has 0 aromatic heterocycles. The molecule has 1 nitrogen and oxygen atoms in total. The van der Waals surface area contributed by atoms with Gasteiger partial charge in [0.05, 0.1) is 11.2 Å². The summed E-state index contributed by atoms with van der Waals surface area (Å²) in [5, 5.41) is -6.08. The van der Waals surface area contributed by atoms with Crippen LogP contribution in [0, 0.1) is 6.07 Å². The number of rotatable bonds is 5. The van der Waals surface area contributed by atoms with E-state index in [4.69, 9.17) is 0 Å². The molecule has 1 rings (SSSR count). The highest BCUT2D eigenvalue weighted by atomic mass is 79.9. The highest BCUT2D eigenvalue weighted by molar-refractivity contribution is 9.11. The van der Waals surface area contributed by atoms with Gasteiger partial charge in [-0.3, -0.25) is 0 Å². The summed E-state index contributed by atoms with van der Waals surface area (Å²) in [7, 11) is 0. The quantitative estimate of drug-likeness (QED) is 0.364. The molecule has 0 saturated carbocycles. The summed E-state index contributed by atoms with van der Waals surface area (Å²) >= 11 is 1.04. The molecule has 0 N–H and O–H groups in total. The van der Waals surface area contributed by atoms with Crippen molar-refractivity contribution in [1.82, 2.24) is 0 Å². The van der Waals surface area contributed by atoms with Gasteiger partial charge in [-0.15, -0.1) is 8.78 Å². The minimum absolute atomic E-state index is 0.262. The van der Waals surface area contributed by atoms with E-state index in [1.807, 2.05) is 0 Å². The van der Waals surface area contributed by atoms with Crippen molar-refractivity contribution in [2.24, 2.45) is 0 Å². The van der Waals surface area contributed by atoms with E-state index in [1.165, 1.54) is 0 Å². The van der Waals surface area contributed by atoms with Crippen molar-refractivity contribution < 1.29 is 44.1 Å². The lowest BCUT2D eigenvalue weighted by Crippen LogP contribution is -2.56. The van der Waals surface area contributed by atoms with Crippen LogP contribution in [0.3, 0.4) is 0 Å². The van der Waals surface area contributed by atoms with E-state index in [0.717, 1.165) is 0 Å². The van der Waals surface area contributed by atoms with Gasteiger partial charge in [-0.25, -0.2) is 8.78 Å². The van der Waals surface area contributed by atoms with Gasteiger partial charge in [0.25, 0.3) is 0 Å². The monoisotopic (exact) mass is 513 g/mol. The fourth-order valence-corrected chi connectivity index (χ4v) is 4.28. The van der Waals surface area contributed by atoms with Gasteiger partial charge in [-0.05, 0) is 31.9 Å². The maximum Gasteiger partial charge on any atom is 0.486 e. The Labute approximate surface area is 149 Å². The third kappa shape index (κ3) is 4.15. The van der Waals surface area contributed by atoms with Crippen LogP contribution < -0.4 is 0 Å². The standard InChI is InChI=1S/C11H4Br2F9OS/c12-4-1-6(13)5(3-8(14)15)7(2-4)24(23)11(21,22)9(16,17)10(18,19)20/h2,8H,3H2. The molecule has 1 unspecified atom stereocenters. The molecule has 0 amide bonds. The second-order valence-corrected chi connectivity index (χ2v) is 7.36. The van der Waals surface area contributed by atoms with Gasteiger partial charge in [0.2, 0.25) is 6.43 Å². The molecule has 1 radical (unpaired) electrons. The first-order valence-corrected chi connectivity index (χ1v) is 8.29. The summed E-state index contributed by atoms with van der Waals surface area (Å²) in [6.07, 6.45) is -11.2. The Morgan fingerprint density at radius 2 is 1.58 bits per heavy atom. The normalized spacial score (nSPS) is 15.0. The van der Waals surface area contributed by atoms with E-state index in [2.05, 4.69) is 37.9 Å². The lowest BCUT2D eigenvalue weighted by molar-refractivity contribution is -0.332. The molecular weight excluding hydrogens is 511 g/mol. The van der Waals surface area contributed by atoms with Gasteiger partial charge in [-0.2, -0.15) is 22.0 Å². The molecular formula is C11H4Br2F9OS. The van der Waals surface area contributed by atoms with Crippen molar-refractivity contribution in [1.29, 1.82) is 0 Å². The number of benzene rings is 1. The van der Waals surface area contributed by atoms with Crippen LogP contribution in [0.2, 0.25) is 0 Å². The van der Waals surface area contributed by atoms with Gasteiger partial charge in [0.15, 0.2) is 4.90 Å². The zero-order valence-electron chi connectivity index (χ0n) is 10.8. The third-order valence-electron chi connectivity index (χ3n) is 2.56. The molecule has 0 heterocycles. The molecule has 137 valence electrons. The van der Waals surface area contributed by atoms with Gasteiger partial charge in [-0.1, -0.05) is 0 Å². The van der Waals surface area contributed by atoms with Gasteiger partial charge < -0.3 is 4.55 Å². The molecule has 24 heavy (non-hydrogen) atoms. The number of hydrogen-bond donors (Lipinski definition) is 0. The van der Waals surface area contributed by atoms with Crippen LogP contribution in [0.1, 0.15) is 5.56 Å². The number of halogens is 11. The minimum atomic E-state index is -6.69. The van der Waals surface area contributed by atoms with Crippen molar-refractivity contribution >= 4 is 43.0 Å². The zero-order chi connectivity index (χ0) is 19.1. The van der Waals surface area contributed by atoms with E-state index in [9.17, 15) is 44.1 Å². The summed E-state index contributed by atoms with van der Waals surface area (Å²) < 4.78 is 126. The zero-order valence-corrected chi connectivity index (χ0v) is 14.8. The van der Waals surface area contributed by atoms with Crippen molar-refractivity contribution in [3.8, 4) is 0 Å². The summed E-state index contributed by atoms with van der Waals surface area (Å²) in [6.45, 7) is 0. The van der Waals surface area contributed by atoms with E-state index < -0.39 is 56.3 Å². The molecule has 0 aliphatic rings. The summed E-state index contributed by atoms with van der Waals surface area (Å²) in [5.41, 5.74) is -0.816. The van der Waals surface area contributed by atoms with E-state index in [-0.39, 0.29) is 4.47 Å². The maximum atomic E-state index is 13.6. The number of alkyl halides is 9.